The van der Waals surface area contributed by atoms with Crippen molar-refractivity contribution in [2.75, 3.05) is 6.54 Å². The van der Waals surface area contributed by atoms with Crippen LogP contribution in [0.4, 0.5) is 0 Å². The molecule has 5 heteroatoms. The van der Waals surface area contributed by atoms with Gasteiger partial charge < -0.3 is 11.1 Å². The van der Waals surface area contributed by atoms with Gasteiger partial charge in [-0.3, -0.25) is 9.48 Å². The molecule has 0 bridgehead atoms. The summed E-state index contributed by atoms with van der Waals surface area (Å²) >= 11 is 0. The minimum Gasteiger partial charge on any atom is -0.347 e. The molecule has 20 heavy (non-hydrogen) atoms. The fraction of sp³-hybridized carbons (Fsp3) is 0.200. The van der Waals surface area contributed by atoms with Crippen molar-refractivity contribution >= 4 is 5.91 Å². The number of amides is 1. The number of carbonyl (C=O) groups is 1. The second-order valence-corrected chi connectivity index (χ2v) is 4.23. The Kier molecular flexibility index (Phi) is 4.53. The van der Waals surface area contributed by atoms with E-state index in [0.717, 1.165) is 11.1 Å². The fourth-order valence-corrected chi connectivity index (χ4v) is 1.78. The van der Waals surface area contributed by atoms with Crippen LogP contribution in [-0.4, -0.2) is 22.2 Å². The summed E-state index contributed by atoms with van der Waals surface area (Å²) in [4.78, 5) is 11.9. The van der Waals surface area contributed by atoms with Gasteiger partial charge in [0.1, 0.15) is 5.69 Å². The zero-order valence-corrected chi connectivity index (χ0v) is 11.3. The predicted molar refractivity (Wildman–Crippen MR) is 76.8 cm³/mol. The van der Waals surface area contributed by atoms with Crippen LogP contribution in [-0.2, 0) is 13.6 Å². The van der Waals surface area contributed by atoms with E-state index in [9.17, 15) is 4.79 Å². The number of hydrogen-bond donors (Lipinski definition) is 2. The number of nitrogens with zero attached hydrogens (tertiary/aromatic N) is 2. The zero-order chi connectivity index (χ0) is 14.4. The summed E-state index contributed by atoms with van der Waals surface area (Å²) in [6.45, 7) is 0.781. The van der Waals surface area contributed by atoms with Gasteiger partial charge in [-0.2, -0.15) is 5.10 Å². The van der Waals surface area contributed by atoms with Crippen molar-refractivity contribution in [3.8, 4) is 11.8 Å². The molecule has 0 aliphatic rings. The molecule has 102 valence electrons. The van der Waals surface area contributed by atoms with Crippen LogP contribution in [0.25, 0.3) is 0 Å². The molecule has 1 heterocycles. The third kappa shape index (κ3) is 3.46. The number of carbonyl (C=O) groups excluding carboxylic acids is 1. The number of nitrogens with one attached hydrogen (secondary N) is 1. The lowest BCUT2D eigenvalue weighted by molar-refractivity contribution is 0.0941. The highest BCUT2D eigenvalue weighted by Gasteiger charge is 2.08. The van der Waals surface area contributed by atoms with Crippen LogP contribution < -0.4 is 11.1 Å². The molecule has 1 aromatic carbocycles. The van der Waals surface area contributed by atoms with Gasteiger partial charge in [0.25, 0.3) is 5.91 Å². The Bertz CT molecular complexity index is 664. The summed E-state index contributed by atoms with van der Waals surface area (Å²) in [5, 5.41) is 6.82. The molecule has 0 spiro atoms. The first kappa shape index (κ1) is 13.8. The van der Waals surface area contributed by atoms with Crippen molar-refractivity contribution < 1.29 is 4.79 Å². The van der Waals surface area contributed by atoms with E-state index in [1.165, 1.54) is 0 Å². The van der Waals surface area contributed by atoms with E-state index in [1.807, 2.05) is 24.3 Å². The van der Waals surface area contributed by atoms with Crippen LogP contribution in [0, 0.1) is 11.8 Å². The van der Waals surface area contributed by atoms with Gasteiger partial charge in [0, 0.05) is 25.4 Å². The molecule has 0 saturated heterocycles. The summed E-state index contributed by atoms with van der Waals surface area (Å²) in [7, 11) is 1.73. The summed E-state index contributed by atoms with van der Waals surface area (Å²) in [6.07, 6.45) is 1.60. The maximum absolute atomic E-state index is 11.9. The Morgan fingerprint density at radius 2 is 2.30 bits per heavy atom. The number of nitrogens with two attached hydrogens (primary N) is 1. The maximum atomic E-state index is 11.9. The van der Waals surface area contributed by atoms with Gasteiger partial charge in [0.2, 0.25) is 0 Å². The molecule has 0 atom stereocenters. The van der Waals surface area contributed by atoms with E-state index in [2.05, 4.69) is 22.3 Å². The molecular formula is C15H16N4O. The Hall–Kier alpha value is -2.58. The average Bonchev–Trinajstić information content (AvgIpc) is 2.89. The average molecular weight is 268 g/mol. The lowest BCUT2D eigenvalue weighted by Crippen LogP contribution is -2.25. The number of benzene rings is 1. The molecule has 3 N–H and O–H groups in total. The van der Waals surface area contributed by atoms with Crippen LogP contribution in [0.2, 0.25) is 0 Å². The zero-order valence-electron chi connectivity index (χ0n) is 11.3. The van der Waals surface area contributed by atoms with Gasteiger partial charge in [0.05, 0.1) is 6.54 Å². The third-order valence-corrected chi connectivity index (χ3v) is 2.77. The first-order chi connectivity index (χ1) is 9.70. The molecule has 0 saturated carbocycles. The molecule has 5 nitrogen and oxygen atoms in total. The minimum atomic E-state index is -0.150. The van der Waals surface area contributed by atoms with Crippen LogP contribution in [0.5, 0.6) is 0 Å². The molecule has 0 fully saturated rings. The minimum absolute atomic E-state index is 0.150. The van der Waals surface area contributed by atoms with Crippen molar-refractivity contribution in [1.82, 2.24) is 15.1 Å². The molecule has 1 aromatic heterocycles. The van der Waals surface area contributed by atoms with Crippen molar-refractivity contribution in [1.29, 1.82) is 0 Å². The van der Waals surface area contributed by atoms with Gasteiger partial charge in [-0.15, -0.1) is 0 Å². The molecule has 0 aliphatic heterocycles. The highest BCUT2D eigenvalue weighted by Crippen LogP contribution is 2.04. The van der Waals surface area contributed by atoms with Gasteiger partial charge >= 0.3 is 0 Å². The molecule has 1 amide bonds. The predicted octanol–water partition coefficient (Wildman–Crippen LogP) is 0.660. The smallest absolute Gasteiger partial charge is 0.269 e. The van der Waals surface area contributed by atoms with Gasteiger partial charge in [-0.05, 0) is 23.8 Å². The van der Waals surface area contributed by atoms with Gasteiger partial charge in [-0.25, -0.2) is 0 Å². The standard InChI is InChI=1S/C15H16N4O/c1-19-14(7-9-18-19)15(20)17-11-13-5-2-4-12(10-13)6-3-8-16/h2,4-5,7,9-10H,8,11,16H2,1H3,(H,17,20). The maximum Gasteiger partial charge on any atom is 0.269 e. The van der Waals surface area contributed by atoms with E-state index in [-0.39, 0.29) is 5.91 Å². The Balaban J connectivity index is 2.01. The van der Waals surface area contributed by atoms with Crippen LogP contribution >= 0.6 is 0 Å². The second-order valence-electron chi connectivity index (χ2n) is 4.23. The van der Waals surface area contributed by atoms with E-state index < -0.39 is 0 Å². The molecule has 0 radical (unpaired) electrons. The Labute approximate surface area is 117 Å². The van der Waals surface area contributed by atoms with Crippen LogP contribution in [0.15, 0.2) is 36.5 Å². The monoisotopic (exact) mass is 268 g/mol. The van der Waals surface area contributed by atoms with Crippen LogP contribution in [0.1, 0.15) is 21.6 Å². The Morgan fingerprint density at radius 1 is 1.45 bits per heavy atom. The molecule has 2 aromatic rings. The van der Waals surface area contributed by atoms with E-state index in [1.54, 1.807) is 24.0 Å². The molecule has 0 unspecified atom stereocenters. The summed E-state index contributed by atoms with van der Waals surface area (Å²) in [5.74, 6) is 5.62. The molecular weight excluding hydrogens is 252 g/mol. The van der Waals surface area contributed by atoms with Crippen molar-refractivity contribution in [3.63, 3.8) is 0 Å². The van der Waals surface area contributed by atoms with E-state index in [0.29, 0.717) is 18.8 Å². The highest BCUT2D eigenvalue weighted by atomic mass is 16.2. The van der Waals surface area contributed by atoms with Crippen molar-refractivity contribution in [3.05, 3.63) is 53.3 Å². The summed E-state index contributed by atoms with van der Waals surface area (Å²) in [5.41, 5.74) is 7.76. The van der Waals surface area contributed by atoms with Crippen molar-refractivity contribution in [2.24, 2.45) is 12.8 Å². The Morgan fingerprint density at radius 3 is 3.00 bits per heavy atom. The highest BCUT2D eigenvalue weighted by molar-refractivity contribution is 5.92. The summed E-state index contributed by atoms with van der Waals surface area (Å²) < 4.78 is 1.54. The number of aryl methyl sites for hydroxylation is 1. The van der Waals surface area contributed by atoms with Crippen LogP contribution in [0.3, 0.4) is 0 Å². The number of rotatable bonds is 3. The largest absolute Gasteiger partial charge is 0.347 e. The van der Waals surface area contributed by atoms with E-state index in [4.69, 9.17) is 5.73 Å². The summed E-state index contributed by atoms with van der Waals surface area (Å²) in [6, 6.07) is 9.38. The SMILES string of the molecule is Cn1nccc1C(=O)NCc1cccc(C#CCN)c1. The molecule has 0 aliphatic carbocycles. The second kappa shape index (κ2) is 6.55. The quantitative estimate of drug-likeness (QED) is 0.803. The first-order valence-corrected chi connectivity index (χ1v) is 6.25. The topological polar surface area (TPSA) is 72.9 Å². The van der Waals surface area contributed by atoms with E-state index >= 15 is 0 Å². The fourth-order valence-electron chi connectivity index (χ4n) is 1.78. The third-order valence-electron chi connectivity index (χ3n) is 2.77. The van der Waals surface area contributed by atoms with Gasteiger partial charge in [-0.1, -0.05) is 24.0 Å². The molecule has 2 rings (SSSR count). The van der Waals surface area contributed by atoms with Crippen molar-refractivity contribution in [2.45, 2.75) is 6.54 Å². The van der Waals surface area contributed by atoms with Gasteiger partial charge in [0.15, 0.2) is 0 Å². The first-order valence-electron chi connectivity index (χ1n) is 6.25. The number of hydrogen-bond acceptors (Lipinski definition) is 3. The normalized spacial score (nSPS) is 9.70. The lowest BCUT2D eigenvalue weighted by Gasteiger charge is -2.06. The lowest BCUT2D eigenvalue weighted by atomic mass is 10.1. The number of aromatic nitrogens is 2.